The van der Waals surface area contributed by atoms with Crippen LogP contribution in [0.2, 0.25) is 0 Å². The molecule has 2 N–H and O–H groups in total. The second-order valence-corrected chi connectivity index (χ2v) is 5.77. The molecule has 0 spiro atoms. The number of ether oxygens (including phenoxy) is 2. The van der Waals surface area contributed by atoms with Gasteiger partial charge in [0.05, 0.1) is 0 Å². The van der Waals surface area contributed by atoms with Crippen LogP contribution in [0.25, 0.3) is 0 Å². The van der Waals surface area contributed by atoms with Crippen molar-refractivity contribution < 1.29 is 24.2 Å². The Hall–Kier alpha value is -3.00. The van der Waals surface area contributed by atoms with Gasteiger partial charge in [0.1, 0.15) is 11.9 Å². The monoisotopic (exact) mass is 343 g/mol. The van der Waals surface area contributed by atoms with Gasteiger partial charge in [0.2, 0.25) is 5.88 Å². The molecular weight excluding hydrogens is 326 g/mol. The van der Waals surface area contributed by atoms with E-state index in [2.05, 4.69) is 15.5 Å². The van der Waals surface area contributed by atoms with E-state index < -0.39 is 18.2 Å². The predicted molar refractivity (Wildman–Crippen MR) is 87.3 cm³/mol. The minimum atomic E-state index is -1.05. The fourth-order valence-electron chi connectivity index (χ4n) is 2.59. The van der Waals surface area contributed by atoms with Crippen LogP contribution in [0.4, 0.5) is 5.69 Å². The number of carbonyl (C=O) groups is 2. The highest BCUT2D eigenvalue weighted by atomic mass is 16.5. The van der Waals surface area contributed by atoms with Crippen molar-refractivity contribution in [3.05, 3.63) is 42.6 Å². The van der Waals surface area contributed by atoms with Gasteiger partial charge in [-0.15, -0.1) is 5.10 Å². The summed E-state index contributed by atoms with van der Waals surface area (Å²) in [7, 11) is 0. The van der Waals surface area contributed by atoms with Gasteiger partial charge < -0.3 is 19.9 Å². The van der Waals surface area contributed by atoms with Crippen molar-refractivity contribution >= 4 is 17.6 Å². The molecule has 8 heteroatoms. The molecule has 0 aliphatic carbocycles. The SMILES string of the molecule is C[C@@H]1C[C@H](C(=O)Nc2ccc(Oc3cccnn3)cc2)O[C@H]1C(=O)O. The zero-order valence-corrected chi connectivity index (χ0v) is 13.5. The smallest absolute Gasteiger partial charge is 0.333 e. The van der Waals surface area contributed by atoms with Gasteiger partial charge >= 0.3 is 5.97 Å². The number of hydrogen-bond donors (Lipinski definition) is 2. The molecule has 1 aliphatic heterocycles. The third kappa shape index (κ3) is 4.10. The third-order valence-corrected chi connectivity index (χ3v) is 3.84. The van der Waals surface area contributed by atoms with Gasteiger partial charge in [0, 0.05) is 18.0 Å². The van der Waals surface area contributed by atoms with E-state index >= 15 is 0 Å². The number of nitrogens with one attached hydrogen (secondary N) is 1. The topological polar surface area (TPSA) is 111 Å². The highest BCUT2D eigenvalue weighted by Gasteiger charge is 2.40. The molecule has 25 heavy (non-hydrogen) atoms. The molecule has 2 heterocycles. The molecule has 1 fully saturated rings. The van der Waals surface area contributed by atoms with E-state index in [0.29, 0.717) is 23.7 Å². The van der Waals surface area contributed by atoms with Crippen molar-refractivity contribution in [2.45, 2.75) is 25.6 Å². The van der Waals surface area contributed by atoms with Crippen LogP contribution < -0.4 is 10.1 Å². The van der Waals surface area contributed by atoms with Gasteiger partial charge in [-0.1, -0.05) is 6.92 Å². The number of amides is 1. The van der Waals surface area contributed by atoms with Gasteiger partial charge in [-0.2, -0.15) is 5.10 Å². The molecule has 1 aromatic carbocycles. The number of carbonyl (C=O) groups excluding carboxylic acids is 1. The molecule has 3 rings (SSSR count). The van der Waals surface area contributed by atoms with E-state index in [1.54, 1.807) is 49.5 Å². The summed E-state index contributed by atoms with van der Waals surface area (Å²) >= 11 is 0. The molecule has 1 saturated heterocycles. The van der Waals surface area contributed by atoms with Crippen LogP contribution in [0.5, 0.6) is 11.6 Å². The van der Waals surface area contributed by atoms with Crippen LogP contribution in [0.15, 0.2) is 42.6 Å². The highest BCUT2D eigenvalue weighted by molar-refractivity contribution is 5.94. The first-order valence-electron chi connectivity index (χ1n) is 7.77. The number of carboxylic acids is 1. The van der Waals surface area contributed by atoms with E-state index in [1.165, 1.54) is 0 Å². The van der Waals surface area contributed by atoms with Crippen molar-refractivity contribution in [1.29, 1.82) is 0 Å². The highest BCUT2D eigenvalue weighted by Crippen LogP contribution is 2.27. The first kappa shape index (κ1) is 16.8. The number of hydrogen-bond acceptors (Lipinski definition) is 6. The molecule has 0 radical (unpaired) electrons. The second kappa shape index (κ2) is 7.27. The zero-order valence-electron chi connectivity index (χ0n) is 13.5. The molecular formula is C17H17N3O5. The maximum atomic E-state index is 12.2. The molecule has 1 aliphatic rings. The Morgan fingerprint density at radius 2 is 2.04 bits per heavy atom. The Morgan fingerprint density at radius 1 is 1.28 bits per heavy atom. The first-order chi connectivity index (χ1) is 12.0. The molecule has 0 saturated carbocycles. The van der Waals surface area contributed by atoms with Crippen LogP contribution >= 0.6 is 0 Å². The van der Waals surface area contributed by atoms with Crippen molar-refractivity contribution in [1.82, 2.24) is 10.2 Å². The molecule has 0 bridgehead atoms. The van der Waals surface area contributed by atoms with Crippen LogP contribution in [0.1, 0.15) is 13.3 Å². The lowest BCUT2D eigenvalue weighted by atomic mass is 10.0. The van der Waals surface area contributed by atoms with Crippen molar-refractivity contribution in [3.8, 4) is 11.6 Å². The Bertz CT molecular complexity index is 751. The largest absolute Gasteiger partial charge is 0.479 e. The second-order valence-electron chi connectivity index (χ2n) is 5.77. The number of anilines is 1. The quantitative estimate of drug-likeness (QED) is 0.855. The van der Waals surface area contributed by atoms with Crippen LogP contribution in [0, 0.1) is 5.92 Å². The summed E-state index contributed by atoms with van der Waals surface area (Å²) in [6, 6.07) is 10.1. The van der Waals surface area contributed by atoms with Crippen molar-refractivity contribution in [3.63, 3.8) is 0 Å². The number of aromatic nitrogens is 2. The average molecular weight is 343 g/mol. The van der Waals surface area contributed by atoms with Gasteiger partial charge in [-0.25, -0.2) is 4.79 Å². The van der Waals surface area contributed by atoms with Gasteiger partial charge in [-0.05, 0) is 42.7 Å². The molecule has 8 nitrogen and oxygen atoms in total. The average Bonchev–Trinajstić information content (AvgIpc) is 3.00. The number of rotatable bonds is 5. The van der Waals surface area contributed by atoms with Gasteiger partial charge in [0.25, 0.3) is 5.91 Å². The van der Waals surface area contributed by atoms with Crippen molar-refractivity contribution in [2.24, 2.45) is 5.92 Å². The summed E-state index contributed by atoms with van der Waals surface area (Å²) < 4.78 is 10.8. The van der Waals surface area contributed by atoms with E-state index in [1.807, 2.05) is 0 Å². The zero-order chi connectivity index (χ0) is 17.8. The maximum absolute atomic E-state index is 12.2. The van der Waals surface area contributed by atoms with E-state index in [-0.39, 0.29) is 11.8 Å². The predicted octanol–water partition coefficient (Wildman–Crippen LogP) is 2.09. The van der Waals surface area contributed by atoms with Crippen LogP contribution in [0.3, 0.4) is 0 Å². The summed E-state index contributed by atoms with van der Waals surface area (Å²) in [5, 5.41) is 19.3. The fraction of sp³-hybridized carbons (Fsp3) is 0.294. The minimum Gasteiger partial charge on any atom is -0.479 e. The van der Waals surface area contributed by atoms with Crippen LogP contribution in [-0.2, 0) is 14.3 Å². The lowest BCUT2D eigenvalue weighted by Gasteiger charge is -2.12. The van der Waals surface area contributed by atoms with E-state index in [9.17, 15) is 9.59 Å². The summed E-state index contributed by atoms with van der Waals surface area (Å²) in [4.78, 5) is 23.3. The lowest BCUT2D eigenvalue weighted by Crippen LogP contribution is -2.30. The van der Waals surface area contributed by atoms with Gasteiger partial charge in [0.15, 0.2) is 6.10 Å². The van der Waals surface area contributed by atoms with Gasteiger partial charge in [-0.3, -0.25) is 4.79 Å². The standard InChI is InChI=1S/C17H17N3O5/c1-10-9-13(25-15(10)17(22)23)16(21)19-11-4-6-12(7-5-11)24-14-3-2-8-18-20-14/h2-8,10,13,15H,9H2,1H3,(H,19,21)(H,22,23)/t10-,13-,15-/m1/s1. The molecule has 1 aromatic heterocycles. The molecule has 1 amide bonds. The molecule has 3 atom stereocenters. The normalized spacial score (nSPS) is 22.4. The van der Waals surface area contributed by atoms with Crippen molar-refractivity contribution in [2.75, 3.05) is 5.32 Å². The fourth-order valence-corrected chi connectivity index (χ4v) is 2.59. The summed E-state index contributed by atoms with van der Waals surface area (Å²) in [5.41, 5.74) is 0.562. The Kier molecular flexibility index (Phi) is 4.90. The molecule has 130 valence electrons. The summed E-state index contributed by atoms with van der Waals surface area (Å²) in [5.74, 6) is -0.704. The third-order valence-electron chi connectivity index (χ3n) is 3.84. The molecule has 0 unspecified atom stereocenters. The maximum Gasteiger partial charge on any atom is 0.333 e. The van der Waals surface area contributed by atoms with E-state index in [0.717, 1.165) is 0 Å². The number of aliphatic carboxylic acids is 1. The Balaban J connectivity index is 1.58. The Labute approximate surface area is 143 Å². The minimum absolute atomic E-state index is 0.212. The first-order valence-corrected chi connectivity index (χ1v) is 7.77. The van der Waals surface area contributed by atoms with Crippen LogP contribution in [-0.4, -0.2) is 39.4 Å². The number of nitrogens with zero attached hydrogens (tertiary/aromatic N) is 2. The Morgan fingerprint density at radius 3 is 2.64 bits per heavy atom. The number of benzene rings is 1. The number of carboxylic acid groups (broad SMARTS) is 1. The summed E-state index contributed by atoms with van der Waals surface area (Å²) in [6.07, 6.45) is 0.202. The summed E-state index contributed by atoms with van der Waals surface area (Å²) in [6.45, 7) is 1.75. The molecule has 2 aromatic rings. The lowest BCUT2D eigenvalue weighted by molar-refractivity contribution is -0.152. The van der Waals surface area contributed by atoms with E-state index in [4.69, 9.17) is 14.6 Å².